The van der Waals surface area contributed by atoms with Crippen LogP contribution in [-0.4, -0.2) is 27.5 Å². The Labute approximate surface area is 95.1 Å². The molecule has 0 amide bonds. The van der Waals surface area contributed by atoms with Crippen molar-refractivity contribution >= 4 is 11.8 Å². The number of nitrogens with zero attached hydrogens (tertiary/aromatic N) is 2. The third-order valence-electron chi connectivity index (χ3n) is 3.09. The van der Waals surface area contributed by atoms with Crippen molar-refractivity contribution < 1.29 is 0 Å². The molecule has 0 unspecified atom stereocenters. The molecule has 1 fully saturated rings. The van der Waals surface area contributed by atoms with E-state index < -0.39 is 0 Å². The molecule has 82 valence electrons. The first-order valence-corrected chi connectivity index (χ1v) is 6.58. The number of rotatable bonds is 5. The van der Waals surface area contributed by atoms with Crippen LogP contribution in [0.3, 0.4) is 0 Å². The van der Waals surface area contributed by atoms with E-state index in [9.17, 15) is 0 Å². The maximum atomic E-state index is 4.19. The van der Waals surface area contributed by atoms with Crippen LogP contribution in [0.25, 0.3) is 0 Å². The smallest absolute Gasteiger partial charge is 0.115 e. The highest BCUT2D eigenvalue weighted by molar-refractivity contribution is 8.00. The summed E-state index contributed by atoms with van der Waals surface area (Å²) in [5.41, 5.74) is 1.07. The van der Waals surface area contributed by atoms with Gasteiger partial charge in [0, 0.05) is 24.0 Å². The van der Waals surface area contributed by atoms with Gasteiger partial charge in [0.15, 0.2) is 0 Å². The summed E-state index contributed by atoms with van der Waals surface area (Å²) in [7, 11) is 0. The van der Waals surface area contributed by atoms with E-state index in [1.54, 1.807) is 12.5 Å². The topological polar surface area (TPSA) is 37.8 Å². The molecular formula is C11H17N3S. The molecule has 0 radical (unpaired) electrons. The fraction of sp³-hybridized carbons (Fsp3) is 0.636. The molecule has 4 heteroatoms. The number of nitrogens with one attached hydrogen (secondary N) is 1. The average molecular weight is 223 g/mol. The molecule has 2 rings (SSSR count). The molecule has 3 nitrogen and oxygen atoms in total. The van der Waals surface area contributed by atoms with Gasteiger partial charge in [-0.1, -0.05) is 6.42 Å². The summed E-state index contributed by atoms with van der Waals surface area (Å²) in [5, 5.41) is 3.48. The third-order valence-corrected chi connectivity index (χ3v) is 4.51. The van der Waals surface area contributed by atoms with Gasteiger partial charge in [-0.05, 0) is 25.2 Å². The van der Waals surface area contributed by atoms with E-state index in [2.05, 4.69) is 21.5 Å². The van der Waals surface area contributed by atoms with Crippen LogP contribution in [0.4, 0.5) is 0 Å². The highest BCUT2D eigenvalue weighted by Gasteiger charge is 2.35. The summed E-state index contributed by atoms with van der Waals surface area (Å²) in [6, 6.07) is 1.96. The van der Waals surface area contributed by atoms with Gasteiger partial charge < -0.3 is 5.32 Å². The van der Waals surface area contributed by atoms with Crippen LogP contribution < -0.4 is 5.32 Å². The largest absolute Gasteiger partial charge is 0.310 e. The molecular weight excluding hydrogens is 206 g/mol. The number of hydrogen-bond donors (Lipinski definition) is 1. The molecule has 1 aliphatic rings. The zero-order valence-corrected chi connectivity index (χ0v) is 9.89. The Kier molecular flexibility index (Phi) is 3.59. The van der Waals surface area contributed by atoms with Crippen molar-refractivity contribution in [2.24, 2.45) is 0 Å². The predicted molar refractivity (Wildman–Crippen MR) is 63.8 cm³/mol. The Hall–Kier alpha value is -0.610. The first-order valence-electron chi connectivity index (χ1n) is 5.35. The molecule has 15 heavy (non-hydrogen) atoms. The van der Waals surface area contributed by atoms with Gasteiger partial charge in [0.1, 0.15) is 6.33 Å². The van der Waals surface area contributed by atoms with Gasteiger partial charge in [0.25, 0.3) is 0 Å². The number of aromatic nitrogens is 2. The molecule has 1 aliphatic carbocycles. The predicted octanol–water partition coefficient (Wildman–Crippen LogP) is 1.85. The van der Waals surface area contributed by atoms with Gasteiger partial charge >= 0.3 is 0 Å². The Bertz CT molecular complexity index is 292. The van der Waals surface area contributed by atoms with Gasteiger partial charge in [0.2, 0.25) is 0 Å². The minimum absolute atomic E-state index is 0.507. The van der Waals surface area contributed by atoms with E-state index in [1.807, 2.05) is 17.8 Å². The van der Waals surface area contributed by atoms with Crippen molar-refractivity contribution in [1.29, 1.82) is 0 Å². The quantitative estimate of drug-likeness (QED) is 0.826. The molecule has 0 saturated heterocycles. The van der Waals surface area contributed by atoms with E-state index in [-0.39, 0.29) is 0 Å². The molecule has 1 N–H and O–H groups in total. The summed E-state index contributed by atoms with van der Waals surface area (Å²) < 4.78 is 0.507. The molecule has 1 aromatic rings. The Morgan fingerprint density at radius 2 is 2.40 bits per heavy atom. The monoisotopic (exact) mass is 223 g/mol. The van der Waals surface area contributed by atoms with Gasteiger partial charge in [-0.3, -0.25) is 0 Å². The van der Waals surface area contributed by atoms with Crippen LogP contribution in [0.2, 0.25) is 0 Å². The second-order valence-corrected chi connectivity index (χ2v) is 5.32. The summed E-state index contributed by atoms with van der Waals surface area (Å²) in [4.78, 5) is 8.09. The van der Waals surface area contributed by atoms with Crippen molar-refractivity contribution in [1.82, 2.24) is 15.3 Å². The van der Waals surface area contributed by atoms with E-state index in [0.717, 1.165) is 18.8 Å². The zero-order chi connectivity index (χ0) is 10.6. The first kappa shape index (κ1) is 10.9. The normalized spacial score (nSPS) is 18.5. The SMILES string of the molecule is CSC1(CNCc2ccncn2)CCC1. The van der Waals surface area contributed by atoms with Gasteiger partial charge in [0.05, 0.1) is 5.69 Å². The van der Waals surface area contributed by atoms with E-state index in [1.165, 1.54) is 19.3 Å². The highest BCUT2D eigenvalue weighted by atomic mass is 32.2. The average Bonchev–Trinajstić information content (AvgIpc) is 2.24. The lowest BCUT2D eigenvalue weighted by Gasteiger charge is -2.40. The fourth-order valence-corrected chi connectivity index (χ4v) is 2.81. The first-order chi connectivity index (χ1) is 7.35. The van der Waals surface area contributed by atoms with Crippen molar-refractivity contribution in [3.63, 3.8) is 0 Å². The minimum Gasteiger partial charge on any atom is -0.310 e. The van der Waals surface area contributed by atoms with E-state index in [4.69, 9.17) is 0 Å². The van der Waals surface area contributed by atoms with Crippen molar-refractivity contribution in [3.8, 4) is 0 Å². The standard InChI is InChI=1S/C11H17N3S/c1-15-11(4-2-5-11)8-13-7-10-3-6-12-9-14-10/h3,6,9,13H,2,4-5,7-8H2,1H3. The molecule has 1 heterocycles. The molecule has 0 bridgehead atoms. The minimum atomic E-state index is 0.507. The van der Waals surface area contributed by atoms with Crippen molar-refractivity contribution in [2.45, 2.75) is 30.6 Å². The van der Waals surface area contributed by atoms with Crippen LogP contribution in [0, 0.1) is 0 Å². The Morgan fingerprint density at radius 1 is 1.53 bits per heavy atom. The fourth-order valence-electron chi connectivity index (χ4n) is 1.87. The zero-order valence-electron chi connectivity index (χ0n) is 9.07. The molecule has 0 aromatic carbocycles. The molecule has 0 spiro atoms. The maximum Gasteiger partial charge on any atom is 0.115 e. The lowest BCUT2D eigenvalue weighted by Crippen LogP contribution is -2.43. The highest BCUT2D eigenvalue weighted by Crippen LogP contribution is 2.42. The van der Waals surface area contributed by atoms with Crippen LogP contribution in [0.15, 0.2) is 18.6 Å². The summed E-state index contributed by atoms with van der Waals surface area (Å²) >= 11 is 2.00. The maximum absolute atomic E-state index is 4.19. The van der Waals surface area contributed by atoms with Gasteiger partial charge in [-0.25, -0.2) is 9.97 Å². The Balaban J connectivity index is 1.75. The summed E-state index contributed by atoms with van der Waals surface area (Å²) in [6.07, 6.45) is 9.69. The third kappa shape index (κ3) is 2.69. The molecule has 1 aromatic heterocycles. The number of hydrogen-bond acceptors (Lipinski definition) is 4. The van der Waals surface area contributed by atoms with E-state index >= 15 is 0 Å². The van der Waals surface area contributed by atoms with Crippen molar-refractivity contribution in [2.75, 3.05) is 12.8 Å². The van der Waals surface area contributed by atoms with Gasteiger partial charge in [-0.15, -0.1) is 0 Å². The molecule has 0 aliphatic heterocycles. The lowest BCUT2D eigenvalue weighted by molar-refractivity contribution is 0.345. The number of thioether (sulfide) groups is 1. The lowest BCUT2D eigenvalue weighted by atomic mass is 9.84. The van der Waals surface area contributed by atoms with Crippen molar-refractivity contribution in [3.05, 3.63) is 24.3 Å². The van der Waals surface area contributed by atoms with Crippen LogP contribution in [-0.2, 0) is 6.54 Å². The van der Waals surface area contributed by atoms with Crippen LogP contribution in [0.1, 0.15) is 25.0 Å². The Morgan fingerprint density at radius 3 is 2.93 bits per heavy atom. The van der Waals surface area contributed by atoms with Crippen LogP contribution in [0.5, 0.6) is 0 Å². The second kappa shape index (κ2) is 4.94. The second-order valence-electron chi connectivity index (χ2n) is 4.04. The summed E-state index contributed by atoms with van der Waals surface area (Å²) in [5.74, 6) is 0. The molecule has 0 atom stereocenters. The van der Waals surface area contributed by atoms with Gasteiger partial charge in [-0.2, -0.15) is 11.8 Å². The van der Waals surface area contributed by atoms with E-state index in [0.29, 0.717) is 4.75 Å². The molecule has 1 saturated carbocycles. The summed E-state index contributed by atoms with van der Waals surface area (Å²) in [6.45, 7) is 1.95. The van der Waals surface area contributed by atoms with Crippen LogP contribution >= 0.6 is 11.8 Å².